The summed E-state index contributed by atoms with van der Waals surface area (Å²) in [4.78, 5) is 23.3. The summed E-state index contributed by atoms with van der Waals surface area (Å²) in [5.74, 6) is -1.06. The maximum atomic E-state index is 12.1. The number of aromatic hydroxyl groups is 1. The number of benzene rings is 2. The molecule has 1 atom stereocenters. The molecule has 0 radical (unpaired) electrons. The molecule has 0 bridgehead atoms. The standard InChI is InChI=1S/C19H21NO5S/c1-3-16(26-11-13-9-7-12(2)8-10-13)25-19(24)20-14-5-4-6-15(21)17(14)18(22)23/h4-10,16,21H,3,11H2,1-2H3,(H,20,24)(H,22,23). The van der Waals surface area contributed by atoms with E-state index in [2.05, 4.69) is 5.32 Å². The van der Waals surface area contributed by atoms with Crippen LogP contribution in [-0.2, 0) is 10.5 Å². The van der Waals surface area contributed by atoms with Crippen molar-refractivity contribution in [3.8, 4) is 5.75 Å². The lowest BCUT2D eigenvalue weighted by molar-refractivity contribution is 0.0695. The number of hydrogen-bond donors (Lipinski definition) is 3. The van der Waals surface area contributed by atoms with E-state index in [4.69, 9.17) is 9.84 Å². The van der Waals surface area contributed by atoms with Crippen LogP contribution in [-0.4, -0.2) is 27.7 Å². The summed E-state index contributed by atoms with van der Waals surface area (Å²) in [5, 5.41) is 21.2. The number of amides is 1. The van der Waals surface area contributed by atoms with E-state index >= 15 is 0 Å². The summed E-state index contributed by atoms with van der Waals surface area (Å²) in [6.45, 7) is 3.92. The van der Waals surface area contributed by atoms with Crippen molar-refractivity contribution in [2.24, 2.45) is 0 Å². The first-order valence-corrected chi connectivity index (χ1v) is 9.15. The molecular formula is C19H21NO5S. The summed E-state index contributed by atoms with van der Waals surface area (Å²) in [7, 11) is 0. The van der Waals surface area contributed by atoms with Gasteiger partial charge >= 0.3 is 12.1 Å². The van der Waals surface area contributed by atoms with E-state index in [1.54, 1.807) is 0 Å². The van der Waals surface area contributed by atoms with Crippen LogP contribution in [0.25, 0.3) is 0 Å². The zero-order valence-electron chi connectivity index (χ0n) is 14.6. The monoisotopic (exact) mass is 375 g/mol. The van der Waals surface area contributed by atoms with Crippen LogP contribution in [0.2, 0.25) is 0 Å². The molecule has 0 fully saturated rings. The summed E-state index contributed by atoms with van der Waals surface area (Å²) in [5.41, 5.74) is 1.55. The number of rotatable bonds is 7. The SMILES string of the molecule is CCC(OC(=O)Nc1cccc(O)c1C(=O)O)SCc1ccc(C)cc1. The lowest BCUT2D eigenvalue weighted by Gasteiger charge is -2.17. The highest BCUT2D eigenvalue weighted by molar-refractivity contribution is 7.99. The van der Waals surface area contributed by atoms with Crippen LogP contribution in [0.5, 0.6) is 5.75 Å². The fourth-order valence-corrected chi connectivity index (χ4v) is 3.20. The number of phenols is 1. The van der Waals surface area contributed by atoms with Crippen molar-refractivity contribution in [2.45, 2.75) is 31.5 Å². The van der Waals surface area contributed by atoms with Gasteiger partial charge in [0.2, 0.25) is 0 Å². The van der Waals surface area contributed by atoms with E-state index in [1.807, 2.05) is 38.1 Å². The Morgan fingerprint density at radius 1 is 1.19 bits per heavy atom. The van der Waals surface area contributed by atoms with Gasteiger partial charge in [0.25, 0.3) is 0 Å². The third-order valence-electron chi connectivity index (χ3n) is 3.62. The molecule has 2 aromatic carbocycles. The molecule has 0 heterocycles. The highest BCUT2D eigenvalue weighted by Gasteiger charge is 2.19. The highest BCUT2D eigenvalue weighted by atomic mass is 32.2. The van der Waals surface area contributed by atoms with E-state index in [0.29, 0.717) is 12.2 Å². The van der Waals surface area contributed by atoms with Gasteiger partial charge in [0.15, 0.2) is 0 Å². The number of carboxylic acid groups (broad SMARTS) is 1. The Labute approximate surface area is 156 Å². The smallest absolute Gasteiger partial charge is 0.412 e. The molecule has 2 rings (SSSR count). The second kappa shape index (κ2) is 9.15. The number of carbonyl (C=O) groups is 2. The summed E-state index contributed by atoms with van der Waals surface area (Å²) in [6, 6.07) is 12.2. The van der Waals surface area contributed by atoms with Crippen LogP contribution in [0.4, 0.5) is 10.5 Å². The zero-order chi connectivity index (χ0) is 19.1. The number of carboxylic acids is 1. The van der Waals surface area contributed by atoms with Crippen LogP contribution >= 0.6 is 11.8 Å². The number of thioether (sulfide) groups is 1. The Hall–Kier alpha value is -2.67. The Bertz CT molecular complexity index is 776. The summed E-state index contributed by atoms with van der Waals surface area (Å²) >= 11 is 1.48. The molecule has 3 N–H and O–H groups in total. The molecule has 0 aliphatic heterocycles. The number of ether oxygens (including phenoxy) is 1. The minimum absolute atomic E-state index is 0.0131. The van der Waals surface area contributed by atoms with Gasteiger partial charge in [-0.1, -0.05) is 42.8 Å². The molecule has 6 nitrogen and oxygen atoms in total. The van der Waals surface area contributed by atoms with Gasteiger partial charge in [-0.2, -0.15) is 0 Å². The van der Waals surface area contributed by atoms with Crippen LogP contribution in [0.3, 0.4) is 0 Å². The normalized spacial score (nSPS) is 11.6. The number of aromatic carboxylic acids is 1. The lowest BCUT2D eigenvalue weighted by atomic mass is 10.1. The number of nitrogens with one attached hydrogen (secondary N) is 1. The van der Waals surface area contributed by atoms with Crippen molar-refractivity contribution < 1.29 is 24.5 Å². The fourth-order valence-electron chi connectivity index (χ4n) is 2.24. The highest BCUT2D eigenvalue weighted by Crippen LogP contribution is 2.26. The number of hydrogen-bond acceptors (Lipinski definition) is 5. The topological polar surface area (TPSA) is 95.9 Å². The van der Waals surface area contributed by atoms with Crippen molar-refractivity contribution in [2.75, 3.05) is 5.32 Å². The molecule has 0 aliphatic rings. The van der Waals surface area contributed by atoms with E-state index < -0.39 is 17.8 Å². The summed E-state index contributed by atoms with van der Waals surface area (Å²) < 4.78 is 5.36. The number of carbonyl (C=O) groups excluding carboxylic acids is 1. The molecule has 138 valence electrons. The predicted molar refractivity (Wildman–Crippen MR) is 102 cm³/mol. The molecule has 7 heteroatoms. The van der Waals surface area contributed by atoms with Gasteiger partial charge in [-0.15, -0.1) is 11.8 Å². The Morgan fingerprint density at radius 3 is 2.50 bits per heavy atom. The maximum Gasteiger partial charge on any atom is 0.412 e. The van der Waals surface area contributed by atoms with Crippen molar-refractivity contribution >= 4 is 29.5 Å². The van der Waals surface area contributed by atoms with E-state index in [-0.39, 0.29) is 16.7 Å². The molecule has 1 unspecified atom stereocenters. The first kappa shape index (κ1) is 19.7. The Kier molecular flexibility index (Phi) is 6.91. The van der Waals surface area contributed by atoms with Crippen LogP contribution in [0.1, 0.15) is 34.8 Å². The quantitative estimate of drug-likeness (QED) is 0.611. The maximum absolute atomic E-state index is 12.1. The average Bonchev–Trinajstić information content (AvgIpc) is 2.59. The molecule has 0 saturated carbocycles. The van der Waals surface area contributed by atoms with Gasteiger partial charge in [0.1, 0.15) is 16.7 Å². The first-order valence-electron chi connectivity index (χ1n) is 8.10. The van der Waals surface area contributed by atoms with Gasteiger partial charge in [0.05, 0.1) is 5.69 Å². The molecule has 0 aliphatic carbocycles. The molecular weight excluding hydrogens is 354 g/mol. The van der Waals surface area contributed by atoms with Gasteiger partial charge < -0.3 is 14.9 Å². The molecule has 0 saturated heterocycles. The van der Waals surface area contributed by atoms with Crippen LogP contribution < -0.4 is 5.32 Å². The van der Waals surface area contributed by atoms with Crippen molar-refractivity contribution in [3.63, 3.8) is 0 Å². The molecule has 26 heavy (non-hydrogen) atoms. The molecule has 2 aromatic rings. The van der Waals surface area contributed by atoms with Crippen LogP contribution in [0.15, 0.2) is 42.5 Å². The number of aryl methyl sites for hydroxylation is 1. The fraction of sp³-hybridized carbons (Fsp3) is 0.263. The zero-order valence-corrected chi connectivity index (χ0v) is 15.4. The third-order valence-corrected chi connectivity index (χ3v) is 4.92. The van der Waals surface area contributed by atoms with Crippen molar-refractivity contribution in [1.82, 2.24) is 0 Å². The first-order chi connectivity index (χ1) is 12.4. The van der Waals surface area contributed by atoms with E-state index in [9.17, 15) is 14.7 Å². The predicted octanol–water partition coefficient (Wildman–Crippen LogP) is 4.62. The minimum Gasteiger partial charge on any atom is -0.507 e. The Morgan fingerprint density at radius 2 is 1.88 bits per heavy atom. The van der Waals surface area contributed by atoms with Crippen molar-refractivity contribution in [1.29, 1.82) is 0 Å². The van der Waals surface area contributed by atoms with E-state index in [0.717, 1.165) is 5.56 Å². The lowest BCUT2D eigenvalue weighted by Crippen LogP contribution is -2.21. The molecule has 1 amide bonds. The largest absolute Gasteiger partial charge is 0.507 e. The molecule has 0 aromatic heterocycles. The molecule has 0 spiro atoms. The average molecular weight is 375 g/mol. The Balaban J connectivity index is 1.96. The van der Waals surface area contributed by atoms with Crippen molar-refractivity contribution in [3.05, 3.63) is 59.2 Å². The van der Waals surface area contributed by atoms with Gasteiger partial charge in [-0.25, -0.2) is 9.59 Å². The van der Waals surface area contributed by atoms with E-state index in [1.165, 1.54) is 35.5 Å². The summed E-state index contributed by atoms with van der Waals surface area (Å²) in [6.07, 6.45) is -0.156. The number of anilines is 1. The second-order valence-corrected chi connectivity index (χ2v) is 6.82. The third kappa shape index (κ3) is 5.42. The van der Waals surface area contributed by atoms with Gasteiger partial charge in [-0.3, -0.25) is 5.32 Å². The minimum atomic E-state index is -1.33. The second-order valence-electron chi connectivity index (χ2n) is 5.67. The van der Waals surface area contributed by atoms with Gasteiger partial charge in [0, 0.05) is 5.75 Å². The van der Waals surface area contributed by atoms with Crippen LogP contribution in [0, 0.1) is 6.92 Å². The van der Waals surface area contributed by atoms with Gasteiger partial charge in [-0.05, 0) is 31.0 Å².